The molecule has 1 saturated heterocycles. The van der Waals surface area contributed by atoms with Crippen LogP contribution in [0.25, 0.3) is 6.08 Å². The van der Waals surface area contributed by atoms with Crippen molar-refractivity contribution in [3.8, 4) is 0 Å². The molecule has 0 bridgehead atoms. The molecule has 1 aliphatic heterocycles. The number of hydrogen-bond donors (Lipinski definition) is 1. The van der Waals surface area contributed by atoms with Gasteiger partial charge in [-0.05, 0) is 30.0 Å². The minimum atomic E-state index is -0.938. The van der Waals surface area contributed by atoms with Crippen LogP contribution in [0.4, 0.5) is 0 Å². The summed E-state index contributed by atoms with van der Waals surface area (Å²) in [7, 11) is 0. The highest BCUT2D eigenvalue weighted by Gasteiger charge is 2.13. The fraction of sp³-hybridized carbons (Fsp3) is 0.400. The molecule has 0 aromatic heterocycles. The predicted octanol–water partition coefficient (Wildman–Crippen LogP) is 2.48. The van der Waals surface area contributed by atoms with Crippen molar-refractivity contribution >= 4 is 12.0 Å². The summed E-state index contributed by atoms with van der Waals surface area (Å²) in [5, 5.41) is 8.54. The molecule has 1 fully saturated rings. The summed E-state index contributed by atoms with van der Waals surface area (Å²) in [6, 6.07) is 7.70. The second-order valence-corrected chi connectivity index (χ2v) is 4.54. The summed E-state index contributed by atoms with van der Waals surface area (Å²) in [5.41, 5.74) is 1.97. The van der Waals surface area contributed by atoms with Crippen molar-refractivity contribution in [2.75, 3.05) is 13.2 Å². The van der Waals surface area contributed by atoms with E-state index in [-0.39, 0.29) is 0 Å². The number of hydrogen-bond acceptors (Lipinski definition) is 3. The zero-order valence-corrected chi connectivity index (χ0v) is 10.7. The number of carboxylic acids is 1. The number of carboxylic acid groups (broad SMARTS) is 1. The Kier molecular flexibility index (Phi) is 5.12. The Morgan fingerprint density at radius 2 is 2.00 bits per heavy atom. The molecular formula is C15H18O4. The van der Waals surface area contributed by atoms with Crippen LogP contribution < -0.4 is 0 Å². The molecule has 4 heteroatoms. The molecule has 1 heterocycles. The first-order valence-electron chi connectivity index (χ1n) is 6.43. The molecule has 0 spiro atoms. The zero-order valence-electron chi connectivity index (χ0n) is 10.7. The highest BCUT2D eigenvalue weighted by atomic mass is 16.5. The molecule has 1 aliphatic rings. The van der Waals surface area contributed by atoms with Crippen LogP contribution in [0.1, 0.15) is 24.0 Å². The van der Waals surface area contributed by atoms with Crippen LogP contribution in [0.2, 0.25) is 0 Å². The van der Waals surface area contributed by atoms with Crippen molar-refractivity contribution in [2.45, 2.75) is 25.6 Å². The van der Waals surface area contributed by atoms with Gasteiger partial charge in [0.15, 0.2) is 0 Å². The van der Waals surface area contributed by atoms with Crippen molar-refractivity contribution in [1.29, 1.82) is 0 Å². The van der Waals surface area contributed by atoms with E-state index in [1.165, 1.54) is 0 Å². The molecule has 0 unspecified atom stereocenters. The van der Waals surface area contributed by atoms with Gasteiger partial charge >= 0.3 is 5.97 Å². The lowest BCUT2D eigenvalue weighted by molar-refractivity contribution is -0.131. The molecule has 4 nitrogen and oxygen atoms in total. The van der Waals surface area contributed by atoms with E-state index < -0.39 is 5.97 Å². The third-order valence-electron chi connectivity index (χ3n) is 3.05. The van der Waals surface area contributed by atoms with Gasteiger partial charge in [-0.2, -0.15) is 0 Å². The topological polar surface area (TPSA) is 55.8 Å². The van der Waals surface area contributed by atoms with Crippen LogP contribution in [0.3, 0.4) is 0 Å². The summed E-state index contributed by atoms with van der Waals surface area (Å²) in [4.78, 5) is 10.4. The lowest BCUT2D eigenvalue weighted by atomic mass is 10.1. The molecule has 2 rings (SSSR count). The second kappa shape index (κ2) is 7.07. The molecule has 19 heavy (non-hydrogen) atoms. The van der Waals surface area contributed by atoms with Gasteiger partial charge in [-0.3, -0.25) is 0 Å². The molecule has 0 radical (unpaired) electrons. The molecule has 0 atom stereocenters. The van der Waals surface area contributed by atoms with Crippen molar-refractivity contribution in [3.63, 3.8) is 0 Å². The Bertz CT molecular complexity index is 430. The molecule has 1 aromatic carbocycles. The normalized spacial score (nSPS) is 16.8. The fourth-order valence-corrected chi connectivity index (χ4v) is 1.95. The highest BCUT2D eigenvalue weighted by molar-refractivity contribution is 5.85. The third kappa shape index (κ3) is 4.85. The van der Waals surface area contributed by atoms with Gasteiger partial charge < -0.3 is 14.6 Å². The van der Waals surface area contributed by atoms with E-state index in [0.29, 0.717) is 12.7 Å². The van der Waals surface area contributed by atoms with E-state index in [1.807, 2.05) is 24.3 Å². The molecule has 0 aliphatic carbocycles. The SMILES string of the molecule is O=C(O)/C=C/c1ccc(COC2CCOCC2)cc1. The predicted molar refractivity (Wildman–Crippen MR) is 71.7 cm³/mol. The summed E-state index contributed by atoms with van der Waals surface area (Å²) in [6.45, 7) is 2.15. The maximum atomic E-state index is 10.4. The van der Waals surface area contributed by atoms with Gasteiger partial charge in [0.1, 0.15) is 0 Å². The first-order chi connectivity index (χ1) is 9.24. The molecule has 102 valence electrons. The second-order valence-electron chi connectivity index (χ2n) is 4.54. The van der Waals surface area contributed by atoms with Gasteiger partial charge in [0, 0.05) is 19.3 Å². The smallest absolute Gasteiger partial charge is 0.328 e. The molecular weight excluding hydrogens is 244 g/mol. The Morgan fingerprint density at radius 1 is 1.32 bits per heavy atom. The third-order valence-corrected chi connectivity index (χ3v) is 3.05. The van der Waals surface area contributed by atoms with Crippen molar-refractivity contribution in [3.05, 3.63) is 41.5 Å². The van der Waals surface area contributed by atoms with Crippen LogP contribution >= 0.6 is 0 Å². The van der Waals surface area contributed by atoms with Crippen LogP contribution in [0.15, 0.2) is 30.3 Å². The fourth-order valence-electron chi connectivity index (χ4n) is 1.95. The number of ether oxygens (including phenoxy) is 2. The first-order valence-corrected chi connectivity index (χ1v) is 6.43. The quantitative estimate of drug-likeness (QED) is 0.828. The average Bonchev–Trinajstić information content (AvgIpc) is 2.45. The number of rotatable bonds is 5. The van der Waals surface area contributed by atoms with Crippen molar-refractivity contribution in [2.24, 2.45) is 0 Å². The van der Waals surface area contributed by atoms with E-state index in [2.05, 4.69) is 0 Å². The summed E-state index contributed by atoms with van der Waals surface area (Å²) >= 11 is 0. The molecule has 1 aromatic rings. The summed E-state index contributed by atoms with van der Waals surface area (Å²) in [6.07, 6.45) is 4.91. The number of benzene rings is 1. The van der Waals surface area contributed by atoms with Gasteiger partial charge in [-0.25, -0.2) is 4.79 Å². The number of carbonyl (C=O) groups is 1. The van der Waals surface area contributed by atoms with Crippen molar-refractivity contribution < 1.29 is 19.4 Å². The summed E-state index contributed by atoms with van der Waals surface area (Å²) < 4.78 is 11.1. The molecule has 1 N–H and O–H groups in total. The lowest BCUT2D eigenvalue weighted by Gasteiger charge is -2.22. The van der Waals surface area contributed by atoms with Gasteiger partial charge in [0.2, 0.25) is 0 Å². The van der Waals surface area contributed by atoms with E-state index in [1.54, 1.807) is 6.08 Å². The monoisotopic (exact) mass is 262 g/mol. The van der Waals surface area contributed by atoms with Crippen molar-refractivity contribution in [1.82, 2.24) is 0 Å². The Hall–Kier alpha value is -1.65. The van der Waals surface area contributed by atoms with Gasteiger partial charge in [-0.1, -0.05) is 24.3 Å². The minimum Gasteiger partial charge on any atom is -0.478 e. The standard InChI is InChI=1S/C15H18O4/c16-15(17)6-5-12-1-3-13(4-2-12)11-19-14-7-9-18-10-8-14/h1-6,14H,7-11H2,(H,16,17)/b6-5+. The first kappa shape index (κ1) is 13.8. The minimum absolute atomic E-state index is 0.292. The maximum Gasteiger partial charge on any atom is 0.328 e. The van der Waals surface area contributed by atoms with Crippen LogP contribution in [0.5, 0.6) is 0 Å². The van der Waals surface area contributed by atoms with Gasteiger partial charge in [0.05, 0.1) is 12.7 Å². The van der Waals surface area contributed by atoms with E-state index >= 15 is 0 Å². The van der Waals surface area contributed by atoms with E-state index in [9.17, 15) is 4.79 Å². The Labute approximate surface area is 112 Å². The lowest BCUT2D eigenvalue weighted by Crippen LogP contribution is -2.23. The zero-order chi connectivity index (χ0) is 13.5. The van der Waals surface area contributed by atoms with E-state index in [0.717, 1.165) is 43.3 Å². The van der Waals surface area contributed by atoms with E-state index in [4.69, 9.17) is 14.6 Å². The number of aliphatic carboxylic acids is 1. The average molecular weight is 262 g/mol. The Morgan fingerprint density at radius 3 is 2.63 bits per heavy atom. The summed E-state index contributed by atoms with van der Waals surface area (Å²) in [5.74, 6) is -0.938. The van der Waals surface area contributed by atoms with Crippen LogP contribution in [-0.4, -0.2) is 30.4 Å². The molecule has 0 saturated carbocycles. The van der Waals surface area contributed by atoms with Crippen LogP contribution in [0, 0.1) is 0 Å². The maximum absolute atomic E-state index is 10.4. The largest absolute Gasteiger partial charge is 0.478 e. The van der Waals surface area contributed by atoms with Gasteiger partial charge in [-0.15, -0.1) is 0 Å². The highest BCUT2D eigenvalue weighted by Crippen LogP contribution is 2.14. The molecule has 0 amide bonds. The Balaban J connectivity index is 1.82. The van der Waals surface area contributed by atoms with Gasteiger partial charge in [0.25, 0.3) is 0 Å². The van der Waals surface area contributed by atoms with Crippen LogP contribution in [-0.2, 0) is 20.9 Å².